The monoisotopic (exact) mass is 399 g/mol. The molecule has 3 aromatic rings. The van der Waals surface area contributed by atoms with E-state index in [0.29, 0.717) is 21.9 Å². The third kappa shape index (κ3) is 4.89. The lowest BCUT2D eigenvalue weighted by molar-refractivity contribution is -0.153. The number of aromatic nitrogens is 1. The Morgan fingerprint density at radius 2 is 1.82 bits per heavy atom. The Balaban J connectivity index is 1.66. The molecular weight excluding hydrogens is 382 g/mol. The predicted octanol–water partition coefficient (Wildman–Crippen LogP) is 2.66. The number of esters is 1. The second-order valence-corrected chi connectivity index (χ2v) is 6.51. The summed E-state index contributed by atoms with van der Waals surface area (Å²) in [4.78, 5) is 40.3. The fourth-order valence-corrected chi connectivity index (χ4v) is 2.96. The molecule has 1 aromatic heterocycles. The van der Waals surface area contributed by atoms with Gasteiger partial charge in [-0.1, -0.05) is 54.2 Å². The van der Waals surface area contributed by atoms with E-state index < -0.39 is 24.0 Å². The van der Waals surface area contributed by atoms with E-state index in [4.69, 9.17) is 9.15 Å². The summed E-state index contributed by atoms with van der Waals surface area (Å²) in [7, 11) is 1.38. The van der Waals surface area contributed by atoms with Crippen molar-refractivity contribution in [1.29, 1.82) is 0 Å². The van der Waals surface area contributed by atoms with E-state index in [1.165, 1.54) is 7.05 Å². The second kappa shape index (κ2) is 9.05. The van der Waals surface area contributed by atoms with Crippen LogP contribution >= 0.6 is 11.8 Å². The normalized spacial score (nSPS) is 11.6. The van der Waals surface area contributed by atoms with Gasteiger partial charge in [-0.05, 0) is 12.1 Å². The Morgan fingerprint density at radius 1 is 1.11 bits per heavy atom. The van der Waals surface area contributed by atoms with Crippen LogP contribution in [0.15, 0.2) is 64.2 Å². The molecule has 1 atom stereocenters. The molecule has 9 heteroatoms. The molecular formula is C19H17N3O5S. The standard InChI is InChI=1S/C19H17N3O5S/c1-20-18(25)22-17(24)16(12-7-3-2-4-8-12)27-15(23)11-28-19-21-13-9-5-6-10-14(13)26-19/h2-10,16H,11H2,1H3,(H2,20,22,24,25)/t16-/m1/s1. The number of ether oxygens (including phenoxy) is 1. The summed E-state index contributed by atoms with van der Waals surface area (Å²) in [5, 5.41) is 4.72. The van der Waals surface area contributed by atoms with Gasteiger partial charge in [0.1, 0.15) is 11.3 Å². The van der Waals surface area contributed by atoms with Crippen LogP contribution in [0.1, 0.15) is 11.7 Å². The number of nitrogens with zero attached hydrogens (tertiary/aromatic N) is 1. The van der Waals surface area contributed by atoms with Gasteiger partial charge in [0.05, 0.1) is 0 Å². The van der Waals surface area contributed by atoms with E-state index in [1.807, 2.05) is 12.1 Å². The zero-order valence-electron chi connectivity index (χ0n) is 14.9. The molecule has 0 unspecified atom stereocenters. The molecule has 0 aliphatic carbocycles. The largest absolute Gasteiger partial charge is 0.447 e. The summed E-state index contributed by atoms with van der Waals surface area (Å²) in [6.07, 6.45) is -1.25. The van der Waals surface area contributed by atoms with Crippen LogP contribution in [0.3, 0.4) is 0 Å². The third-order valence-electron chi connectivity index (χ3n) is 3.64. The first kappa shape index (κ1) is 19.4. The molecule has 0 saturated carbocycles. The minimum Gasteiger partial charge on any atom is -0.447 e. The fraction of sp³-hybridized carbons (Fsp3) is 0.158. The lowest BCUT2D eigenvalue weighted by Crippen LogP contribution is -2.41. The van der Waals surface area contributed by atoms with Gasteiger partial charge in [0.15, 0.2) is 5.58 Å². The van der Waals surface area contributed by atoms with Crippen molar-refractivity contribution in [3.63, 3.8) is 0 Å². The van der Waals surface area contributed by atoms with Crippen molar-refractivity contribution >= 4 is 40.8 Å². The van der Waals surface area contributed by atoms with Crippen LogP contribution < -0.4 is 10.6 Å². The van der Waals surface area contributed by atoms with Gasteiger partial charge >= 0.3 is 12.0 Å². The number of benzene rings is 2. The van der Waals surface area contributed by atoms with Gasteiger partial charge in [0, 0.05) is 12.6 Å². The van der Waals surface area contributed by atoms with E-state index in [-0.39, 0.29) is 5.75 Å². The number of carbonyl (C=O) groups is 3. The van der Waals surface area contributed by atoms with Gasteiger partial charge in [-0.25, -0.2) is 9.78 Å². The van der Waals surface area contributed by atoms with Crippen LogP contribution in [-0.2, 0) is 14.3 Å². The lowest BCUT2D eigenvalue weighted by Gasteiger charge is -2.17. The van der Waals surface area contributed by atoms with Crippen LogP contribution in [0.5, 0.6) is 0 Å². The molecule has 0 spiro atoms. The highest BCUT2D eigenvalue weighted by molar-refractivity contribution is 7.99. The molecule has 0 aliphatic rings. The van der Waals surface area contributed by atoms with Crippen molar-refractivity contribution in [3.8, 4) is 0 Å². The van der Waals surface area contributed by atoms with Gasteiger partial charge in [0.2, 0.25) is 6.10 Å². The summed E-state index contributed by atoms with van der Waals surface area (Å²) in [6.45, 7) is 0. The van der Waals surface area contributed by atoms with Gasteiger partial charge in [-0.15, -0.1) is 0 Å². The number of nitrogens with one attached hydrogen (secondary N) is 2. The summed E-state index contributed by atoms with van der Waals surface area (Å²) < 4.78 is 10.9. The van der Waals surface area contributed by atoms with E-state index in [2.05, 4.69) is 15.6 Å². The summed E-state index contributed by atoms with van der Waals surface area (Å²) >= 11 is 1.06. The van der Waals surface area contributed by atoms with E-state index in [0.717, 1.165) is 11.8 Å². The van der Waals surface area contributed by atoms with Crippen molar-refractivity contribution < 1.29 is 23.5 Å². The van der Waals surface area contributed by atoms with Crippen molar-refractivity contribution in [2.24, 2.45) is 0 Å². The smallest absolute Gasteiger partial charge is 0.321 e. The average molecular weight is 399 g/mol. The summed E-state index contributed by atoms with van der Waals surface area (Å²) in [5.74, 6) is -1.50. The number of rotatable bonds is 6. The van der Waals surface area contributed by atoms with Crippen molar-refractivity contribution in [1.82, 2.24) is 15.6 Å². The number of oxazole rings is 1. The Morgan fingerprint density at radius 3 is 2.54 bits per heavy atom. The van der Waals surface area contributed by atoms with Gasteiger partial charge in [-0.2, -0.15) is 0 Å². The topological polar surface area (TPSA) is 111 Å². The molecule has 3 amide bonds. The maximum Gasteiger partial charge on any atom is 0.321 e. The van der Waals surface area contributed by atoms with Gasteiger partial charge in [0.25, 0.3) is 11.1 Å². The highest BCUT2D eigenvalue weighted by Crippen LogP contribution is 2.24. The van der Waals surface area contributed by atoms with Crippen molar-refractivity contribution in [2.75, 3.05) is 12.8 Å². The minimum absolute atomic E-state index is 0.108. The Labute approximate surface area is 164 Å². The first-order valence-electron chi connectivity index (χ1n) is 8.32. The Hall–Kier alpha value is -3.33. The van der Waals surface area contributed by atoms with Crippen LogP contribution in [-0.4, -0.2) is 35.7 Å². The number of imide groups is 1. The minimum atomic E-state index is -1.25. The highest BCUT2D eigenvalue weighted by atomic mass is 32.2. The third-order valence-corrected chi connectivity index (χ3v) is 4.44. The van der Waals surface area contributed by atoms with E-state index in [1.54, 1.807) is 42.5 Å². The molecule has 144 valence electrons. The predicted molar refractivity (Wildman–Crippen MR) is 103 cm³/mol. The van der Waals surface area contributed by atoms with Gasteiger partial charge in [-0.3, -0.25) is 14.9 Å². The Bertz CT molecular complexity index is 956. The number of hydrogen-bond acceptors (Lipinski definition) is 7. The average Bonchev–Trinajstić information content (AvgIpc) is 3.14. The molecule has 0 aliphatic heterocycles. The number of thioether (sulfide) groups is 1. The Kier molecular flexibility index (Phi) is 6.28. The number of hydrogen-bond donors (Lipinski definition) is 2. The zero-order valence-corrected chi connectivity index (χ0v) is 15.7. The number of carbonyl (C=O) groups excluding carboxylic acids is 3. The first-order valence-corrected chi connectivity index (χ1v) is 9.30. The van der Waals surface area contributed by atoms with Crippen molar-refractivity contribution in [2.45, 2.75) is 11.3 Å². The fourth-order valence-electron chi connectivity index (χ4n) is 2.34. The maximum atomic E-state index is 12.4. The first-order chi connectivity index (χ1) is 13.6. The number of amides is 3. The molecule has 2 aromatic carbocycles. The quantitative estimate of drug-likeness (QED) is 0.484. The molecule has 1 heterocycles. The molecule has 8 nitrogen and oxygen atoms in total. The summed E-state index contributed by atoms with van der Waals surface area (Å²) in [5.41, 5.74) is 1.75. The lowest BCUT2D eigenvalue weighted by atomic mass is 10.1. The maximum absolute atomic E-state index is 12.4. The number of fused-ring (bicyclic) bond motifs is 1. The second-order valence-electron chi connectivity index (χ2n) is 5.59. The molecule has 28 heavy (non-hydrogen) atoms. The highest BCUT2D eigenvalue weighted by Gasteiger charge is 2.26. The van der Waals surface area contributed by atoms with Crippen LogP contribution in [0.25, 0.3) is 11.1 Å². The molecule has 0 fully saturated rings. The molecule has 2 N–H and O–H groups in total. The van der Waals surface area contributed by atoms with Crippen LogP contribution in [0.4, 0.5) is 4.79 Å². The van der Waals surface area contributed by atoms with Crippen LogP contribution in [0, 0.1) is 0 Å². The van der Waals surface area contributed by atoms with Crippen LogP contribution in [0.2, 0.25) is 0 Å². The zero-order chi connectivity index (χ0) is 19.9. The van der Waals surface area contributed by atoms with E-state index in [9.17, 15) is 14.4 Å². The SMILES string of the molecule is CNC(=O)NC(=O)[C@H](OC(=O)CSc1nc2ccccc2o1)c1ccccc1. The van der Waals surface area contributed by atoms with E-state index >= 15 is 0 Å². The van der Waals surface area contributed by atoms with Crippen molar-refractivity contribution in [3.05, 3.63) is 60.2 Å². The molecule has 0 bridgehead atoms. The molecule has 0 saturated heterocycles. The number of urea groups is 1. The number of para-hydroxylation sites is 2. The summed E-state index contributed by atoms with van der Waals surface area (Å²) in [6, 6.07) is 15.0. The molecule has 0 radical (unpaired) electrons. The molecule has 3 rings (SSSR count). The van der Waals surface area contributed by atoms with Gasteiger partial charge < -0.3 is 14.5 Å².